The second-order valence-corrected chi connectivity index (χ2v) is 18.2. The number of rotatable bonds is 7. The van der Waals surface area contributed by atoms with E-state index in [2.05, 4.69) is 53.1 Å². The van der Waals surface area contributed by atoms with Crippen LogP contribution < -0.4 is 0 Å². The van der Waals surface area contributed by atoms with Gasteiger partial charge in [-0.2, -0.15) is 22.3 Å². The van der Waals surface area contributed by atoms with Gasteiger partial charge in [-0.15, -0.1) is 0 Å². The van der Waals surface area contributed by atoms with Crippen molar-refractivity contribution >= 4 is 11.8 Å². The Labute approximate surface area is 285 Å². The zero-order valence-corrected chi connectivity index (χ0v) is 29.5. The molecule has 0 aromatic heterocycles. The highest BCUT2D eigenvalue weighted by atomic mass is 32.2. The van der Waals surface area contributed by atoms with Gasteiger partial charge in [-0.05, 0) is 159 Å². The summed E-state index contributed by atoms with van der Waals surface area (Å²) in [4.78, 5) is 3.06. The van der Waals surface area contributed by atoms with Gasteiger partial charge >= 0.3 is 0 Å². The highest BCUT2D eigenvalue weighted by Gasteiger charge is 2.42. The van der Waals surface area contributed by atoms with Crippen molar-refractivity contribution in [2.45, 2.75) is 176 Å². The molecular weight excluding hydrogens is 579 g/mol. The number of nitrogens with zero attached hydrogens (tertiary/aromatic N) is 3. The summed E-state index contributed by atoms with van der Waals surface area (Å²) in [6.07, 6.45) is 40.3. The zero-order valence-electron chi connectivity index (χ0n) is 28.7. The lowest BCUT2D eigenvalue weighted by atomic mass is 9.68. The van der Waals surface area contributed by atoms with Gasteiger partial charge in [0.05, 0.1) is 18.1 Å². The van der Waals surface area contributed by atoms with Crippen molar-refractivity contribution in [3.8, 4) is 12.1 Å². The number of fused-ring (bicyclic) bond motifs is 1. The molecule has 1 saturated heterocycles. The molecule has 0 N–H and O–H groups in total. The van der Waals surface area contributed by atoms with Gasteiger partial charge in [0, 0.05) is 34.5 Å². The molecule has 5 fully saturated rings. The van der Waals surface area contributed by atoms with E-state index in [4.69, 9.17) is 0 Å². The van der Waals surface area contributed by atoms with Gasteiger partial charge in [0.15, 0.2) is 0 Å². The summed E-state index contributed by atoms with van der Waals surface area (Å²) < 4.78 is 0. The fourth-order valence-electron chi connectivity index (χ4n) is 11.4. The second-order valence-electron chi connectivity index (χ2n) is 16.7. The van der Waals surface area contributed by atoms with Crippen LogP contribution in [0.2, 0.25) is 0 Å². The van der Waals surface area contributed by atoms with E-state index >= 15 is 0 Å². The summed E-state index contributed by atoms with van der Waals surface area (Å²) in [5, 5.41) is 20.8. The first-order chi connectivity index (χ1) is 22.7. The molecule has 5 unspecified atom stereocenters. The van der Waals surface area contributed by atoms with Crippen molar-refractivity contribution < 1.29 is 0 Å². The Kier molecular flexibility index (Phi) is 11.4. The summed E-state index contributed by atoms with van der Waals surface area (Å²) in [6.45, 7) is 0. The Morgan fingerprint density at radius 3 is 1.72 bits per heavy atom. The van der Waals surface area contributed by atoms with Gasteiger partial charge in [-0.3, -0.25) is 4.90 Å². The van der Waals surface area contributed by atoms with Crippen LogP contribution in [0, 0.1) is 58.2 Å². The first-order valence-corrected chi connectivity index (χ1v) is 20.9. The van der Waals surface area contributed by atoms with Crippen LogP contribution in [-0.4, -0.2) is 33.5 Å². The number of allylic oxidation sites excluding steroid dienone is 5. The quantitative estimate of drug-likeness (QED) is 0.278. The monoisotopic (exact) mass is 639 g/mol. The summed E-state index contributed by atoms with van der Waals surface area (Å²) in [5.41, 5.74) is 2.94. The van der Waals surface area contributed by atoms with Gasteiger partial charge < -0.3 is 0 Å². The minimum atomic E-state index is 0.219. The van der Waals surface area contributed by atoms with E-state index in [0.29, 0.717) is 12.1 Å². The molecule has 0 amide bonds. The Bertz CT molecular complexity index is 1170. The Balaban J connectivity index is 0.924. The fourth-order valence-corrected chi connectivity index (χ4v) is 13.4. The van der Waals surface area contributed by atoms with Crippen molar-refractivity contribution in [3.63, 3.8) is 0 Å². The average Bonchev–Trinajstić information content (AvgIpc) is 3.57. The van der Waals surface area contributed by atoms with Crippen LogP contribution >= 0.6 is 11.8 Å². The predicted molar refractivity (Wildman–Crippen MR) is 192 cm³/mol. The summed E-state index contributed by atoms with van der Waals surface area (Å²) in [5.74, 6) is 4.58. The van der Waals surface area contributed by atoms with E-state index in [1.54, 1.807) is 6.42 Å². The Morgan fingerprint density at radius 1 is 0.543 bits per heavy atom. The molecule has 6 aliphatic carbocycles. The molecule has 1 heterocycles. The molecule has 0 aromatic rings. The molecule has 3 nitrogen and oxygen atoms in total. The van der Waals surface area contributed by atoms with Crippen molar-refractivity contribution in [2.75, 3.05) is 0 Å². The molecule has 7 aliphatic rings. The fraction of sp³-hybridized carbons (Fsp3) is 0.810. The third-order valence-electron chi connectivity index (χ3n) is 14.2. The maximum Gasteiger partial charge on any atom is 0.0659 e. The third kappa shape index (κ3) is 7.86. The third-order valence-corrected chi connectivity index (χ3v) is 16.1. The molecule has 0 spiro atoms. The van der Waals surface area contributed by atoms with Gasteiger partial charge in [-0.1, -0.05) is 48.3 Å². The molecular formula is C42H61N3S. The van der Waals surface area contributed by atoms with E-state index in [1.165, 1.54) is 120 Å². The number of hydrogen-bond donors (Lipinski definition) is 0. The molecule has 5 atom stereocenters. The van der Waals surface area contributed by atoms with Gasteiger partial charge in [0.1, 0.15) is 0 Å². The minimum Gasteiger partial charge on any atom is -0.294 e. The zero-order chi connectivity index (χ0) is 31.3. The van der Waals surface area contributed by atoms with Crippen molar-refractivity contribution in [2.24, 2.45) is 35.5 Å². The molecule has 0 bridgehead atoms. The first-order valence-electron chi connectivity index (χ1n) is 19.9. The topological polar surface area (TPSA) is 50.8 Å². The largest absolute Gasteiger partial charge is 0.294 e. The van der Waals surface area contributed by atoms with Crippen LogP contribution in [0.25, 0.3) is 0 Å². The van der Waals surface area contributed by atoms with Crippen LogP contribution in [0.15, 0.2) is 35.5 Å². The molecule has 250 valence electrons. The van der Waals surface area contributed by atoms with Gasteiger partial charge in [0.25, 0.3) is 0 Å². The SMILES string of the molecule is N#CC1CC=C(/C=C/C2=CCC(N(C3CCC(C#N)CC3)C3CCC(C4CCC(C5CC6CCCCC6S5)CC4)CC3)CC2)CC1. The maximum atomic E-state index is 9.59. The van der Waals surface area contributed by atoms with Crippen LogP contribution in [-0.2, 0) is 0 Å². The van der Waals surface area contributed by atoms with Gasteiger partial charge in [0.2, 0.25) is 0 Å². The molecule has 4 saturated carbocycles. The van der Waals surface area contributed by atoms with E-state index in [0.717, 1.165) is 72.3 Å². The van der Waals surface area contributed by atoms with Crippen LogP contribution in [0.1, 0.15) is 148 Å². The van der Waals surface area contributed by atoms with E-state index in [9.17, 15) is 10.5 Å². The number of nitriles is 2. The van der Waals surface area contributed by atoms with E-state index in [-0.39, 0.29) is 11.8 Å². The highest BCUT2D eigenvalue weighted by Crippen LogP contribution is 2.52. The molecule has 0 radical (unpaired) electrons. The lowest BCUT2D eigenvalue weighted by Crippen LogP contribution is -2.52. The lowest BCUT2D eigenvalue weighted by molar-refractivity contribution is 0.0141. The summed E-state index contributed by atoms with van der Waals surface area (Å²) in [6, 6.07) is 7.15. The van der Waals surface area contributed by atoms with Crippen molar-refractivity contribution in [1.82, 2.24) is 4.90 Å². The van der Waals surface area contributed by atoms with Crippen molar-refractivity contribution in [3.05, 3.63) is 35.5 Å². The number of thioether (sulfide) groups is 1. The van der Waals surface area contributed by atoms with Gasteiger partial charge in [-0.25, -0.2) is 0 Å². The summed E-state index contributed by atoms with van der Waals surface area (Å²) >= 11 is 2.44. The lowest BCUT2D eigenvalue weighted by Gasteiger charge is -2.49. The molecule has 0 aromatic carbocycles. The predicted octanol–water partition coefficient (Wildman–Crippen LogP) is 11.1. The minimum absolute atomic E-state index is 0.219. The van der Waals surface area contributed by atoms with Crippen LogP contribution in [0.3, 0.4) is 0 Å². The molecule has 7 rings (SSSR count). The molecule has 4 heteroatoms. The standard InChI is InChI=1S/C42H61N3S/c43-28-32-9-7-30(8-10-32)5-6-31-11-21-38(22-12-31)45(39-23-13-33(29-44)14-24-39)40-25-19-35(20-26-40)34-15-17-36(18-16-34)42-27-37-3-1-2-4-41(37)46-42/h5-7,11,32-42H,1-4,8-10,12-27H2/b6-5+. The van der Waals surface area contributed by atoms with E-state index in [1.807, 2.05) is 0 Å². The Hall–Kier alpha value is -1.49. The normalized spacial score (nSPS) is 42.1. The smallest absolute Gasteiger partial charge is 0.0659 e. The van der Waals surface area contributed by atoms with Crippen molar-refractivity contribution in [1.29, 1.82) is 10.5 Å². The highest BCUT2D eigenvalue weighted by molar-refractivity contribution is 8.00. The average molecular weight is 640 g/mol. The van der Waals surface area contributed by atoms with Crippen LogP contribution in [0.5, 0.6) is 0 Å². The Morgan fingerprint density at radius 2 is 1.13 bits per heavy atom. The number of hydrogen-bond acceptors (Lipinski definition) is 4. The van der Waals surface area contributed by atoms with E-state index < -0.39 is 0 Å². The van der Waals surface area contributed by atoms with Crippen LogP contribution in [0.4, 0.5) is 0 Å². The molecule has 1 aliphatic heterocycles. The first kappa shape index (κ1) is 33.0. The second kappa shape index (κ2) is 15.8. The maximum absolute atomic E-state index is 9.59. The molecule has 46 heavy (non-hydrogen) atoms. The summed E-state index contributed by atoms with van der Waals surface area (Å²) in [7, 11) is 0.